The van der Waals surface area contributed by atoms with Gasteiger partial charge in [0, 0.05) is 22.6 Å². The lowest BCUT2D eigenvalue weighted by Gasteiger charge is -2.31. The van der Waals surface area contributed by atoms with E-state index in [2.05, 4.69) is 24.2 Å². The van der Waals surface area contributed by atoms with Crippen LogP contribution in [-0.2, 0) is 0 Å². The van der Waals surface area contributed by atoms with E-state index in [1.54, 1.807) is 0 Å². The van der Waals surface area contributed by atoms with Gasteiger partial charge in [0.15, 0.2) is 0 Å². The van der Waals surface area contributed by atoms with Gasteiger partial charge in [-0.25, -0.2) is 0 Å². The average molecular weight is 338 g/mol. The maximum atomic E-state index is 6.29. The van der Waals surface area contributed by atoms with E-state index in [0.717, 1.165) is 36.1 Å². The maximum Gasteiger partial charge on any atom is 0.0468 e. The summed E-state index contributed by atoms with van der Waals surface area (Å²) in [5, 5.41) is 4.87. The summed E-state index contributed by atoms with van der Waals surface area (Å²) in [5.41, 5.74) is 1.16. The van der Waals surface area contributed by atoms with Crippen LogP contribution in [0.1, 0.15) is 31.4 Å². The van der Waals surface area contributed by atoms with Crippen molar-refractivity contribution in [2.45, 2.75) is 25.8 Å². The van der Waals surface area contributed by atoms with E-state index >= 15 is 0 Å². The van der Waals surface area contributed by atoms with E-state index in [4.69, 9.17) is 23.2 Å². The SMILES string of the molecule is CC(c1ccc(Cl)cc1Cl)N(C)CC1CCNCC1.Cl. The Morgan fingerprint density at radius 2 is 1.95 bits per heavy atom. The van der Waals surface area contributed by atoms with Crippen LogP contribution in [0.4, 0.5) is 0 Å². The molecule has 114 valence electrons. The Morgan fingerprint density at radius 3 is 2.55 bits per heavy atom. The van der Waals surface area contributed by atoms with Crippen LogP contribution in [0.15, 0.2) is 18.2 Å². The standard InChI is InChI=1S/C15H22Cl2N2.ClH/c1-11(14-4-3-13(16)9-15(14)17)19(2)10-12-5-7-18-8-6-12;/h3-4,9,11-12,18H,5-8,10H2,1-2H3;1H. The van der Waals surface area contributed by atoms with Crippen molar-refractivity contribution in [3.63, 3.8) is 0 Å². The van der Waals surface area contributed by atoms with E-state index in [1.807, 2.05) is 18.2 Å². The van der Waals surface area contributed by atoms with Crippen molar-refractivity contribution in [3.05, 3.63) is 33.8 Å². The van der Waals surface area contributed by atoms with Gasteiger partial charge in [0.1, 0.15) is 0 Å². The molecule has 20 heavy (non-hydrogen) atoms. The van der Waals surface area contributed by atoms with Crippen molar-refractivity contribution < 1.29 is 0 Å². The Labute approximate surface area is 138 Å². The highest BCUT2D eigenvalue weighted by Gasteiger charge is 2.20. The van der Waals surface area contributed by atoms with Gasteiger partial charge in [0.05, 0.1) is 0 Å². The molecule has 1 aliphatic heterocycles. The minimum absolute atomic E-state index is 0. The summed E-state index contributed by atoms with van der Waals surface area (Å²) < 4.78 is 0. The molecule has 1 heterocycles. The van der Waals surface area contributed by atoms with Gasteiger partial charge in [-0.3, -0.25) is 4.90 Å². The second kappa shape index (κ2) is 8.45. The van der Waals surface area contributed by atoms with Crippen molar-refractivity contribution in [1.82, 2.24) is 10.2 Å². The van der Waals surface area contributed by atoms with Crippen molar-refractivity contribution in [2.75, 3.05) is 26.7 Å². The molecule has 2 nitrogen and oxygen atoms in total. The van der Waals surface area contributed by atoms with Gasteiger partial charge < -0.3 is 5.32 Å². The number of nitrogens with one attached hydrogen (secondary N) is 1. The number of hydrogen-bond acceptors (Lipinski definition) is 2. The van der Waals surface area contributed by atoms with E-state index < -0.39 is 0 Å². The topological polar surface area (TPSA) is 15.3 Å². The molecule has 0 radical (unpaired) electrons. The summed E-state index contributed by atoms with van der Waals surface area (Å²) in [4.78, 5) is 2.39. The highest BCUT2D eigenvalue weighted by Crippen LogP contribution is 2.30. The first-order valence-corrected chi connectivity index (χ1v) is 7.69. The number of benzene rings is 1. The second-order valence-corrected chi connectivity index (χ2v) is 6.32. The third-order valence-corrected chi connectivity index (χ3v) is 4.64. The molecule has 1 saturated heterocycles. The normalized spacial score (nSPS) is 17.9. The first kappa shape index (κ1) is 18.1. The maximum absolute atomic E-state index is 6.29. The number of halogens is 3. The van der Waals surface area contributed by atoms with Crippen molar-refractivity contribution in [3.8, 4) is 0 Å². The fourth-order valence-electron chi connectivity index (χ4n) is 2.71. The zero-order valence-corrected chi connectivity index (χ0v) is 14.4. The van der Waals surface area contributed by atoms with Crippen LogP contribution in [0.3, 0.4) is 0 Å². The Bertz CT molecular complexity index is 420. The van der Waals surface area contributed by atoms with Crippen LogP contribution in [-0.4, -0.2) is 31.6 Å². The lowest BCUT2D eigenvalue weighted by Crippen LogP contribution is -2.35. The molecule has 1 N–H and O–H groups in total. The molecule has 1 unspecified atom stereocenters. The molecule has 2 rings (SSSR count). The number of piperidine rings is 1. The number of rotatable bonds is 4. The van der Waals surface area contributed by atoms with Gasteiger partial charge in [0.2, 0.25) is 0 Å². The minimum Gasteiger partial charge on any atom is -0.317 e. The Hall–Kier alpha value is 0.01000. The smallest absolute Gasteiger partial charge is 0.0468 e. The van der Waals surface area contributed by atoms with Gasteiger partial charge in [-0.05, 0) is 63.5 Å². The fraction of sp³-hybridized carbons (Fsp3) is 0.600. The molecule has 0 amide bonds. The second-order valence-electron chi connectivity index (χ2n) is 5.47. The van der Waals surface area contributed by atoms with Gasteiger partial charge in [-0.15, -0.1) is 12.4 Å². The van der Waals surface area contributed by atoms with E-state index in [9.17, 15) is 0 Å². The number of nitrogens with zero attached hydrogens (tertiary/aromatic N) is 1. The van der Waals surface area contributed by atoms with Gasteiger partial charge in [-0.2, -0.15) is 0 Å². The zero-order valence-electron chi connectivity index (χ0n) is 12.0. The zero-order chi connectivity index (χ0) is 13.8. The lowest BCUT2D eigenvalue weighted by atomic mass is 9.96. The highest BCUT2D eigenvalue weighted by atomic mass is 35.5. The van der Waals surface area contributed by atoms with Crippen LogP contribution >= 0.6 is 35.6 Å². The average Bonchev–Trinajstić information content (AvgIpc) is 2.39. The Morgan fingerprint density at radius 1 is 1.30 bits per heavy atom. The minimum atomic E-state index is 0. The summed E-state index contributed by atoms with van der Waals surface area (Å²) in [7, 11) is 2.18. The molecule has 0 spiro atoms. The first-order chi connectivity index (χ1) is 9.08. The Balaban J connectivity index is 0.00000200. The summed E-state index contributed by atoms with van der Waals surface area (Å²) in [6.45, 7) is 5.63. The molecule has 0 aliphatic carbocycles. The molecule has 0 bridgehead atoms. The molecule has 5 heteroatoms. The van der Waals surface area contributed by atoms with Crippen LogP contribution in [0, 0.1) is 5.92 Å². The van der Waals surface area contributed by atoms with Crippen LogP contribution in [0.2, 0.25) is 10.0 Å². The summed E-state index contributed by atoms with van der Waals surface area (Å²) in [6, 6.07) is 6.10. The summed E-state index contributed by atoms with van der Waals surface area (Å²) in [5.74, 6) is 0.791. The van der Waals surface area contributed by atoms with E-state index in [-0.39, 0.29) is 12.4 Å². The fourth-order valence-corrected chi connectivity index (χ4v) is 3.27. The third kappa shape index (κ3) is 4.78. The molecule has 1 aliphatic rings. The molecular weight excluding hydrogens is 315 g/mol. The van der Waals surface area contributed by atoms with Crippen LogP contribution < -0.4 is 5.32 Å². The Kier molecular flexibility index (Phi) is 7.63. The molecule has 1 fully saturated rings. The van der Waals surface area contributed by atoms with Gasteiger partial charge in [0.25, 0.3) is 0 Å². The van der Waals surface area contributed by atoms with Gasteiger partial charge in [-0.1, -0.05) is 29.3 Å². The quantitative estimate of drug-likeness (QED) is 0.875. The third-order valence-electron chi connectivity index (χ3n) is 4.08. The first-order valence-electron chi connectivity index (χ1n) is 6.94. The van der Waals surface area contributed by atoms with E-state index in [1.165, 1.54) is 12.8 Å². The van der Waals surface area contributed by atoms with Crippen molar-refractivity contribution in [1.29, 1.82) is 0 Å². The molecule has 1 atom stereocenters. The number of hydrogen-bond donors (Lipinski definition) is 1. The summed E-state index contributed by atoms with van der Waals surface area (Å²) in [6.07, 6.45) is 2.54. The summed E-state index contributed by atoms with van der Waals surface area (Å²) >= 11 is 12.2. The van der Waals surface area contributed by atoms with Crippen molar-refractivity contribution in [2.24, 2.45) is 5.92 Å². The van der Waals surface area contributed by atoms with E-state index in [0.29, 0.717) is 11.1 Å². The lowest BCUT2D eigenvalue weighted by molar-refractivity contribution is 0.197. The molecular formula is C15H23Cl3N2. The van der Waals surface area contributed by atoms with Crippen LogP contribution in [0.5, 0.6) is 0 Å². The molecule has 0 saturated carbocycles. The molecule has 1 aromatic carbocycles. The monoisotopic (exact) mass is 336 g/mol. The largest absolute Gasteiger partial charge is 0.317 e. The molecule has 0 aromatic heterocycles. The predicted molar refractivity (Wildman–Crippen MR) is 90.3 cm³/mol. The molecule has 1 aromatic rings. The highest BCUT2D eigenvalue weighted by molar-refractivity contribution is 6.35. The van der Waals surface area contributed by atoms with Crippen LogP contribution in [0.25, 0.3) is 0 Å². The predicted octanol–water partition coefficient (Wildman–Crippen LogP) is 4.41. The van der Waals surface area contributed by atoms with Crippen molar-refractivity contribution >= 4 is 35.6 Å². The van der Waals surface area contributed by atoms with Gasteiger partial charge >= 0.3 is 0 Å².